The molecule has 20 heavy (non-hydrogen) atoms. The first-order chi connectivity index (χ1) is 9.42. The molecule has 0 aliphatic carbocycles. The number of aryl methyl sites for hydroxylation is 2. The summed E-state index contributed by atoms with van der Waals surface area (Å²) in [5.41, 5.74) is 0.307. The summed E-state index contributed by atoms with van der Waals surface area (Å²) in [7, 11) is -3.69. The van der Waals surface area contributed by atoms with Crippen molar-refractivity contribution in [2.45, 2.75) is 31.3 Å². The highest BCUT2D eigenvalue weighted by molar-refractivity contribution is 7.89. The lowest BCUT2D eigenvalue weighted by molar-refractivity contribution is 0.142. The minimum absolute atomic E-state index is 0.0463. The lowest BCUT2D eigenvalue weighted by Crippen LogP contribution is -2.26. The van der Waals surface area contributed by atoms with Crippen molar-refractivity contribution in [1.29, 1.82) is 0 Å². The number of aromatic nitrogens is 1. The molecule has 0 saturated heterocycles. The van der Waals surface area contributed by atoms with E-state index in [1.54, 1.807) is 19.1 Å². The molecule has 0 spiro atoms. The Hall–Kier alpha value is -1.64. The fraction of sp³-hybridized carbons (Fsp3) is 0.417. The molecule has 0 aromatic carbocycles. The maximum Gasteiger partial charge on any atom is 0.245 e. The predicted octanol–water partition coefficient (Wildman–Crippen LogP) is 1.29. The quantitative estimate of drug-likeness (QED) is 0.832. The van der Waals surface area contributed by atoms with E-state index < -0.39 is 16.1 Å². The summed E-state index contributed by atoms with van der Waals surface area (Å²) < 4.78 is 36.5. The van der Waals surface area contributed by atoms with E-state index in [1.807, 2.05) is 0 Å². The van der Waals surface area contributed by atoms with Gasteiger partial charge in [0, 0.05) is 6.54 Å². The molecule has 1 atom stereocenters. The predicted molar refractivity (Wildman–Crippen MR) is 69.5 cm³/mol. The van der Waals surface area contributed by atoms with E-state index in [-0.39, 0.29) is 23.6 Å². The molecular weight excluding hydrogens is 284 g/mol. The Kier molecular flexibility index (Phi) is 4.26. The van der Waals surface area contributed by atoms with E-state index in [0.29, 0.717) is 11.5 Å². The van der Waals surface area contributed by atoms with Gasteiger partial charge in [-0.1, -0.05) is 5.16 Å². The van der Waals surface area contributed by atoms with Crippen molar-refractivity contribution in [3.8, 4) is 0 Å². The zero-order valence-electron chi connectivity index (χ0n) is 11.2. The first kappa shape index (κ1) is 14.8. The van der Waals surface area contributed by atoms with Crippen molar-refractivity contribution >= 4 is 10.0 Å². The topological polar surface area (TPSA) is 106 Å². The Morgan fingerprint density at radius 3 is 2.75 bits per heavy atom. The summed E-state index contributed by atoms with van der Waals surface area (Å²) in [4.78, 5) is 0.0463. The van der Waals surface area contributed by atoms with Crippen LogP contribution in [0.2, 0.25) is 0 Å². The molecule has 2 N–H and O–H groups in total. The summed E-state index contributed by atoms with van der Waals surface area (Å²) >= 11 is 0. The maximum absolute atomic E-state index is 12.1. The lowest BCUT2D eigenvalue weighted by Gasteiger charge is -2.09. The minimum atomic E-state index is -3.69. The summed E-state index contributed by atoms with van der Waals surface area (Å²) in [5.74, 6) is 0.642. The number of nitrogens with one attached hydrogen (secondary N) is 1. The average molecular weight is 300 g/mol. The van der Waals surface area contributed by atoms with Gasteiger partial charge in [0.15, 0.2) is 5.76 Å². The van der Waals surface area contributed by atoms with E-state index in [4.69, 9.17) is 8.94 Å². The Morgan fingerprint density at radius 1 is 1.45 bits per heavy atom. The number of rotatable bonds is 6. The second-order valence-electron chi connectivity index (χ2n) is 4.37. The summed E-state index contributed by atoms with van der Waals surface area (Å²) in [6.07, 6.45) is 0.806. The van der Waals surface area contributed by atoms with Gasteiger partial charge in [-0.25, -0.2) is 13.1 Å². The van der Waals surface area contributed by atoms with Crippen LogP contribution in [-0.4, -0.2) is 25.2 Å². The van der Waals surface area contributed by atoms with Crippen molar-refractivity contribution in [2.24, 2.45) is 0 Å². The molecule has 0 unspecified atom stereocenters. The van der Waals surface area contributed by atoms with Crippen LogP contribution in [0.1, 0.15) is 29.7 Å². The van der Waals surface area contributed by atoms with Crippen molar-refractivity contribution in [1.82, 2.24) is 9.88 Å². The van der Waals surface area contributed by atoms with Gasteiger partial charge in [-0.05, 0) is 32.4 Å². The Balaban J connectivity index is 1.97. The third-order valence-electron chi connectivity index (χ3n) is 2.82. The van der Waals surface area contributed by atoms with Gasteiger partial charge in [0.2, 0.25) is 10.0 Å². The third kappa shape index (κ3) is 3.09. The van der Waals surface area contributed by atoms with Gasteiger partial charge in [-0.2, -0.15) is 0 Å². The number of furan rings is 1. The van der Waals surface area contributed by atoms with Crippen LogP contribution in [0.4, 0.5) is 0 Å². The Labute approximate surface area is 116 Å². The van der Waals surface area contributed by atoms with Crippen LogP contribution < -0.4 is 4.72 Å². The molecule has 2 aromatic rings. The molecule has 110 valence electrons. The second-order valence-corrected chi connectivity index (χ2v) is 6.07. The van der Waals surface area contributed by atoms with Crippen molar-refractivity contribution in [3.05, 3.63) is 35.6 Å². The van der Waals surface area contributed by atoms with E-state index >= 15 is 0 Å². The molecule has 7 nitrogen and oxygen atoms in total. The maximum atomic E-state index is 12.1. The van der Waals surface area contributed by atoms with Crippen LogP contribution in [0, 0.1) is 13.8 Å². The Bertz CT molecular complexity index is 641. The molecule has 2 heterocycles. The smallest absolute Gasteiger partial charge is 0.245 e. The molecule has 2 aromatic heterocycles. The molecule has 8 heteroatoms. The number of hydrogen-bond acceptors (Lipinski definition) is 6. The van der Waals surface area contributed by atoms with E-state index in [1.165, 1.54) is 13.2 Å². The van der Waals surface area contributed by atoms with E-state index in [2.05, 4.69) is 9.88 Å². The first-order valence-corrected chi connectivity index (χ1v) is 7.54. The van der Waals surface area contributed by atoms with Gasteiger partial charge in [-0.3, -0.25) is 0 Å². The van der Waals surface area contributed by atoms with Crippen molar-refractivity contribution in [2.75, 3.05) is 6.54 Å². The third-order valence-corrected chi connectivity index (χ3v) is 4.52. The zero-order valence-corrected chi connectivity index (χ0v) is 12.0. The van der Waals surface area contributed by atoms with Crippen LogP contribution in [0.3, 0.4) is 0 Å². The molecule has 0 aliphatic rings. The molecule has 0 radical (unpaired) electrons. The number of nitrogens with zero attached hydrogens (tertiary/aromatic N) is 1. The molecule has 0 bridgehead atoms. The summed E-state index contributed by atoms with van der Waals surface area (Å²) in [6, 6.07) is 3.29. The number of aliphatic hydroxyl groups excluding tert-OH is 1. The average Bonchev–Trinajstić information content (AvgIpc) is 2.99. The molecule has 0 saturated carbocycles. The largest absolute Gasteiger partial charge is 0.467 e. The molecule has 0 aliphatic heterocycles. The van der Waals surface area contributed by atoms with Gasteiger partial charge in [0.05, 0.1) is 6.26 Å². The highest BCUT2D eigenvalue weighted by Gasteiger charge is 2.24. The zero-order chi connectivity index (χ0) is 14.8. The van der Waals surface area contributed by atoms with Gasteiger partial charge in [-0.15, -0.1) is 0 Å². The summed E-state index contributed by atoms with van der Waals surface area (Å²) in [5, 5.41) is 13.4. The fourth-order valence-corrected chi connectivity index (χ4v) is 3.26. The van der Waals surface area contributed by atoms with Crippen molar-refractivity contribution in [3.63, 3.8) is 0 Å². The van der Waals surface area contributed by atoms with Crippen LogP contribution in [-0.2, 0) is 10.0 Å². The highest BCUT2D eigenvalue weighted by Crippen LogP contribution is 2.20. The minimum Gasteiger partial charge on any atom is -0.467 e. The molecule has 2 rings (SSSR count). The Morgan fingerprint density at radius 2 is 2.20 bits per heavy atom. The number of hydrogen-bond donors (Lipinski definition) is 2. The monoisotopic (exact) mass is 300 g/mol. The van der Waals surface area contributed by atoms with Crippen LogP contribution >= 0.6 is 0 Å². The lowest BCUT2D eigenvalue weighted by atomic mass is 10.2. The van der Waals surface area contributed by atoms with Gasteiger partial charge >= 0.3 is 0 Å². The molecular formula is C12H16N2O5S. The molecule has 0 amide bonds. The highest BCUT2D eigenvalue weighted by atomic mass is 32.2. The van der Waals surface area contributed by atoms with Crippen LogP contribution in [0.15, 0.2) is 32.2 Å². The number of aliphatic hydroxyl groups is 1. The standard InChI is InChI=1S/C12H16N2O5S/c1-8-12(9(2)19-14-8)20(16,17)13-6-5-10(15)11-4-3-7-18-11/h3-4,7,10,13,15H,5-6H2,1-2H3/t10-/m1/s1. The first-order valence-electron chi connectivity index (χ1n) is 6.06. The van der Waals surface area contributed by atoms with E-state index in [9.17, 15) is 13.5 Å². The fourth-order valence-electron chi connectivity index (χ4n) is 1.88. The van der Waals surface area contributed by atoms with Gasteiger partial charge < -0.3 is 14.0 Å². The van der Waals surface area contributed by atoms with Crippen LogP contribution in [0.5, 0.6) is 0 Å². The number of sulfonamides is 1. The van der Waals surface area contributed by atoms with Gasteiger partial charge in [0.25, 0.3) is 0 Å². The van der Waals surface area contributed by atoms with Gasteiger partial charge in [0.1, 0.15) is 22.5 Å². The van der Waals surface area contributed by atoms with E-state index in [0.717, 1.165) is 0 Å². The normalized spacial score (nSPS) is 13.6. The summed E-state index contributed by atoms with van der Waals surface area (Å²) in [6.45, 7) is 3.17. The SMILES string of the molecule is Cc1noc(C)c1S(=O)(=O)NCC[C@@H](O)c1ccco1. The van der Waals surface area contributed by atoms with Crippen molar-refractivity contribution < 1.29 is 22.5 Å². The second kappa shape index (κ2) is 5.78. The molecule has 0 fully saturated rings. The van der Waals surface area contributed by atoms with Crippen LogP contribution in [0.25, 0.3) is 0 Å².